The maximum atomic E-state index is 6.94. The van der Waals surface area contributed by atoms with Crippen LogP contribution in [0.3, 0.4) is 0 Å². The van der Waals surface area contributed by atoms with Crippen LogP contribution < -0.4 is 0 Å². The first-order chi connectivity index (χ1) is 12.8. The third kappa shape index (κ3) is 13.9. The molecule has 0 radical (unpaired) electrons. The van der Waals surface area contributed by atoms with Crippen LogP contribution in [0.4, 0.5) is 0 Å². The van der Waals surface area contributed by atoms with E-state index in [-0.39, 0.29) is 10.8 Å². The smallest absolute Gasteiger partial charge is 0.317 e. The fraction of sp³-hybridized carbons (Fsp3) is 1.00. The summed E-state index contributed by atoms with van der Waals surface area (Å²) < 4.78 is 19.5. The Morgan fingerprint density at radius 3 is 1.25 bits per heavy atom. The van der Waals surface area contributed by atoms with Crippen molar-refractivity contribution in [1.82, 2.24) is 0 Å². The lowest BCUT2D eigenvalue weighted by Gasteiger charge is -2.38. The molecule has 0 bridgehead atoms. The molecule has 0 unspecified atom stereocenters. The third-order valence-electron chi connectivity index (χ3n) is 4.57. The van der Waals surface area contributed by atoms with E-state index in [9.17, 15) is 0 Å². The molecule has 0 spiro atoms. The van der Waals surface area contributed by atoms with Gasteiger partial charge in [0.2, 0.25) is 8.32 Å². The van der Waals surface area contributed by atoms with Crippen molar-refractivity contribution in [2.24, 2.45) is 10.8 Å². The minimum atomic E-state index is -2.76. The predicted molar refractivity (Wildman–Crippen MR) is 131 cm³/mol. The number of rotatable bonds is 15. The van der Waals surface area contributed by atoms with Crippen molar-refractivity contribution in [2.75, 3.05) is 13.2 Å². The predicted octanol–water partition coefficient (Wildman–Crippen LogP) is 8.70. The average molecular weight is 453 g/mol. The Kier molecular flexibility index (Phi) is 13.6. The zero-order valence-electron chi connectivity index (χ0n) is 20.4. The summed E-state index contributed by atoms with van der Waals surface area (Å²) in [5.41, 5.74) is 0.0813. The Labute approximate surface area is 183 Å². The topological polar surface area (TPSA) is 27.7 Å². The Morgan fingerprint density at radius 2 is 1.00 bits per heavy atom. The molecule has 0 aromatic heterocycles. The van der Waals surface area contributed by atoms with Gasteiger partial charge in [-0.15, -0.1) is 0 Å². The standard InChI is InChI=1S/C22H49O3PSSi/c1-10-13-16-28(17-14-11-2,18-15-12-3)25-26(27,23-19-21(4,5)6)24-20-22(7,8)9/h10-20H2,1-9H3. The largest absolute Gasteiger partial charge is 0.350 e. The highest BCUT2D eigenvalue weighted by Crippen LogP contribution is 2.56. The average Bonchev–Trinajstić information content (AvgIpc) is 2.58. The Balaban J connectivity index is 5.67. The SMILES string of the molecule is CCCC[Si](CCCC)(CCCC)OP(=S)(OCC(C)(C)C)OCC(C)(C)C. The fourth-order valence-corrected chi connectivity index (χ4v) is 12.9. The molecule has 0 fully saturated rings. The first-order valence-electron chi connectivity index (χ1n) is 11.4. The van der Waals surface area contributed by atoms with Crippen LogP contribution in [0.1, 0.15) is 101 Å². The van der Waals surface area contributed by atoms with Gasteiger partial charge >= 0.3 is 6.72 Å². The summed E-state index contributed by atoms with van der Waals surface area (Å²) in [5, 5.41) is 0. The molecule has 0 amide bonds. The van der Waals surface area contributed by atoms with Crippen LogP contribution in [-0.2, 0) is 25.1 Å². The van der Waals surface area contributed by atoms with Crippen molar-refractivity contribution in [3.05, 3.63) is 0 Å². The summed E-state index contributed by atoms with van der Waals surface area (Å²) in [6.07, 6.45) is 7.25. The van der Waals surface area contributed by atoms with Crippen LogP contribution in [-0.4, -0.2) is 21.5 Å². The fourth-order valence-electron chi connectivity index (χ4n) is 2.88. The molecule has 0 aromatic rings. The lowest BCUT2D eigenvalue weighted by Crippen LogP contribution is -2.38. The highest BCUT2D eigenvalue weighted by Gasteiger charge is 2.41. The van der Waals surface area contributed by atoms with Gasteiger partial charge in [-0.2, -0.15) is 0 Å². The van der Waals surface area contributed by atoms with Gasteiger partial charge in [0.1, 0.15) is 0 Å². The van der Waals surface area contributed by atoms with Gasteiger partial charge in [0.15, 0.2) is 0 Å². The molecule has 0 atom stereocenters. The molecule has 0 aliphatic heterocycles. The second-order valence-corrected chi connectivity index (χ2v) is 18.0. The summed E-state index contributed by atoms with van der Waals surface area (Å²) in [5.74, 6) is 0. The van der Waals surface area contributed by atoms with E-state index < -0.39 is 15.0 Å². The van der Waals surface area contributed by atoms with E-state index >= 15 is 0 Å². The molecule has 0 N–H and O–H groups in total. The van der Waals surface area contributed by atoms with Gasteiger partial charge in [-0.25, -0.2) is 0 Å². The van der Waals surface area contributed by atoms with Crippen molar-refractivity contribution in [2.45, 2.75) is 119 Å². The summed E-state index contributed by atoms with van der Waals surface area (Å²) in [6, 6.07) is 3.54. The van der Waals surface area contributed by atoms with Gasteiger partial charge in [-0.1, -0.05) is 101 Å². The van der Waals surface area contributed by atoms with Gasteiger partial charge < -0.3 is 13.3 Å². The second-order valence-electron chi connectivity index (χ2n) is 10.7. The van der Waals surface area contributed by atoms with Crippen LogP contribution in [0.15, 0.2) is 0 Å². The van der Waals surface area contributed by atoms with Crippen molar-refractivity contribution >= 4 is 26.8 Å². The molecule has 170 valence electrons. The molecule has 0 aliphatic carbocycles. The van der Waals surface area contributed by atoms with Gasteiger partial charge in [-0.05, 0) is 40.8 Å². The van der Waals surface area contributed by atoms with Gasteiger partial charge in [0.25, 0.3) is 0 Å². The lowest BCUT2D eigenvalue weighted by molar-refractivity contribution is 0.120. The van der Waals surface area contributed by atoms with E-state index in [1.54, 1.807) is 0 Å². The molecule has 0 aromatic carbocycles. The van der Waals surface area contributed by atoms with Crippen LogP contribution in [0.25, 0.3) is 0 Å². The zero-order chi connectivity index (χ0) is 21.9. The minimum absolute atomic E-state index is 0.0407. The molecular formula is C22H49O3PSSi. The lowest BCUT2D eigenvalue weighted by atomic mass is 9.99. The van der Waals surface area contributed by atoms with E-state index in [1.807, 2.05) is 0 Å². The molecule has 28 heavy (non-hydrogen) atoms. The first-order valence-corrected chi connectivity index (χ1v) is 16.5. The quantitative estimate of drug-likeness (QED) is 0.183. The molecule has 0 saturated carbocycles. The Morgan fingerprint density at radius 1 is 0.679 bits per heavy atom. The minimum Gasteiger partial charge on any atom is -0.350 e. The second kappa shape index (κ2) is 13.2. The first kappa shape index (κ1) is 28.7. The molecule has 0 heterocycles. The van der Waals surface area contributed by atoms with Crippen molar-refractivity contribution in [3.8, 4) is 0 Å². The maximum absolute atomic E-state index is 6.94. The van der Waals surface area contributed by atoms with Gasteiger partial charge in [-0.3, -0.25) is 0 Å². The van der Waals surface area contributed by atoms with Crippen LogP contribution in [0, 0.1) is 10.8 Å². The van der Waals surface area contributed by atoms with Crippen LogP contribution >= 0.6 is 6.72 Å². The van der Waals surface area contributed by atoms with Crippen molar-refractivity contribution in [3.63, 3.8) is 0 Å². The molecule has 3 nitrogen and oxygen atoms in total. The number of unbranched alkanes of at least 4 members (excludes halogenated alkanes) is 3. The van der Waals surface area contributed by atoms with E-state index in [1.165, 1.54) is 56.7 Å². The van der Waals surface area contributed by atoms with E-state index in [0.29, 0.717) is 13.2 Å². The van der Waals surface area contributed by atoms with Crippen molar-refractivity contribution < 1.29 is 13.3 Å². The molecule has 6 heteroatoms. The van der Waals surface area contributed by atoms with Crippen LogP contribution in [0.5, 0.6) is 0 Å². The van der Waals surface area contributed by atoms with Gasteiger partial charge in [0.05, 0.1) is 13.2 Å². The van der Waals surface area contributed by atoms with Crippen LogP contribution in [0.2, 0.25) is 18.1 Å². The summed E-state index contributed by atoms with van der Waals surface area (Å²) >= 11 is 6.02. The molecule has 0 saturated heterocycles. The summed E-state index contributed by atoms with van der Waals surface area (Å²) in [7, 11) is -1.99. The highest BCUT2D eigenvalue weighted by atomic mass is 32.5. The van der Waals surface area contributed by atoms with E-state index in [2.05, 4.69) is 62.3 Å². The maximum Gasteiger partial charge on any atom is 0.317 e. The van der Waals surface area contributed by atoms with Crippen molar-refractivity contribution in [1.29, 1.82) is 0 Å². The molecule has 0 aliphatic rings. The molecular weight excluding hydrogens is 403 g/mol. The highest BCUT2D eigenvalue weighted by molar-refractivity contribution is 8.08. The summed E-state index contributed by atoms with van der Waals surface area (Å²) in [4.78, 5) is 0. The Bertz CT molecular complexity index is 414. The normalized spacial score (nSPS) is 13.9. The molecule has 0 rings (SSSR count). The monoisotopic (exact) mass is 452 g/mol. The van der Waals surface area contributed by atoms with Gasteiger partial charge in [0, 0.05) is 0 Å². The third-order valence-corrected chi connectivity index (χ3v) is 13.0. The van der Waals surface area contributed by atoms with E-state index in [4.69, 9.17) is 25.1 Å². The van der Waals surface area contributed by atoms with E-state index in [0.717, 1.165) is 0 Å². The zero-order valence-corrected chi connectivity index (χ0v) is 23.1. The summed E-state index contributed by atoms with van der Waals surface area (Å²) in [6.45, 7) is 18.2. The Hall–Kier alpha value is 0.747. The number of hydrogen-bond donors (Lipinski definition) is 0. The number of hydrogen-bond acceptors (Lipinski definition) is 4.